The molecule has 1 aromatic carbocycles. The summed E-state index contributed by atoms with van der Waals surface area (Å²) in [4.78, 5) is 0. The van der Waals surface area contributed by atoms with Gasteiger partial charge < -0.3 is 10.8 Å². The zero-order valence-corrected chi connectivity index (χ0v) is 12.8. The molecule has 1 fully saturated rings. The highest BCUT2D eigenvalue weighted by molar-refractivity contribution is 5.43. The highest BCUT2D eigenvalue weighted by atomic mass is 16.3. The lowest BCUT2D eigenvalue weighted by atomic mass is 9.57. The van der Waals surface area contributed by atoms with Gasteiger partial charge >= 0.3 is 0 Å². The molecule has 0 aromatic heterocycles. The molecule has 2 unspecified atom stereocenters. The highest BCUT2D eigenvalue weighted by Gasteiger charge is 2.56. The van der Waals surface area contributed by atoms with Crippen LogP contribution in [0.25, 0.3) is 0 Å². The van der Waals surface area contributed by atoms with E-state index in [1.807, 2.05) is 0 Å². The molecule has 2 aliphatic carbocycles. The van der Waals surface area contributed by atoms with Gasteiger partial charge in [-0.1, -0.05) is 44.5 Å². The summed E-state index contributed by atoms with van der Waals surface area (Å²) in [5.74, 6) is 0. The van der Waals surface area contributed by atoms with Gasteiger partial charge in [-0.3, -0.25) is 0 Å². The van der Waals surface area contributed by atoms with Gasteiger partial charge in [0.1, 0.15) is 0 Å². The first-order valence-electron chi connectivity index (χ1n) is 7.93. The van der Waals surface area contributed by atoms with Gasteiger partial charge in [-0.25, -0.2) is 0 Å². The van der Waals surface area contributed by atoms with Gasteiger partial charge in [0.05, 0.1) is 5.60 Å². The maximum Gasteiger partial charge on any atom is 0.0761 e. The van der Waals surface area contributed by atoms with Crippen molar-refractivity contribution in [3.63, 3.8) is 0 Å². The molecule has 0 radical (unpaired) electrons. The average molecular weight is 273 g/mol. The van der Waals surface area contributed by atoms with Crippen LogP contribution in [0.4, 0.5) is 0 Å². The summed E-state index contributed by atoms with van der Waals surface area (Å²) in [6.07, 6.45) is 6.12. The van der Waals surface area contributed by atoms with Gasteiger partial charge in [0.2, 0.25) is 0 Å². The molecule has 2 heteroatoms. The quantitative estimate of drug-likeness (QED) is 0.869. The number of rotatable bonds is 2. The predicted octanol–water partition coefficient (Wildman–Crippen LogP) is 3.16. The first-order valence-corrected chi connectivity index (χ1v) is 7.93. The molecule has 2 aliphatic rings. The normalized spacial score (nSPS) is 35.8. The van der Waals surface area contributed by atoms with Crippen molar-refractivity contribution < 1.29 is 5.11 Å². The Bertz CT molecular complexity index is 510. The molecule has 20 heavy (non-hydrogen) atoms. The second-order valence-corrected chi connectivity index (χ2v) is 7.67. The topological polar surface area (TPSA) is 46.2 Å². The molecule has 0 saturated heterocycles. The summed E-state index contributed by atoms with van der Waals surface area (Å²) in [7, 11) is 0. The van der Waals surface area contributed by atoms with Crippen molar-refractivity contribution in [1.29, 1.82) is 0 Å². The lowest BCUT2D eigenvalue weighted by Crippen LogP contribution is -2.58. The molecule has 0 aliphatic heterocycles. The van der Waals surface area contributed by atoms with Gasteiger partial charge in [0.15, 0.2) is 0 Å². The van der Waals surface area contributed by atoms with Crippen LogP contribution in [0.15, 0.2) is 24.3 Å². The molecule has 110 valence electrons. The molecule has 0 heterocycles. The predicted molar refractivity (Wildman–Crippen MR) is 82.7 cm³/mol. The Labute approximate surface area is 122 Å². The van der Waals surface area contributed by atoms with Crippen LogP contribution in [0.2, 0.25) is 0 Å². The minimum absolute atomic E-state index is 0.215. The molecule has 3 rings (SSSR count). The Morgan fingerprint density at radius 3 is 2.60 bits per heavy atom. The lowest BCUT2D eigenvalue weighted by Gasteiger charge is -2.52. The van der Waals surface area contributed by atoms with Gasteiger partial charge in [0, 0.05) is 12.0 Å². The average Bonchev–Trinajstić information content (AvgIpc) is 2.77. The third kappa shape index (κ3) is 1.93. The second kappa shape index (κ2) is 4.57. The summed E-state index contributed by atoms with van der Waals surface area (Å²) in [5.41, 5.74) is 8.26. The van der Waals surface area contributed by atoms with E-state index in [0.717, 1.165) is 32.1 Å². The fourth-order valence-electron chi connectivity index (χ4n) is 4.81. The van der Waals surface area contributed by atoms with Crippen molar-refractivity contribution >= 4 is 0 Å². The summed E-state index contributed by atoms with van der Waals surface area (Å²) in [6.45, 7) is 5.11. The number of benzene rings is 1. The second-order valence-electron chi connectivity index (χ2n) is 7.67. The van der Waals surface area contributed by atoms with Crippen LogP contribution in [0.5, 0.6) is 0 Å². The van der Waals surface area contributed by atoms with E-state index in [4.69, 9.17) is 5.73 Å². The molecule has 1 saturated carbocycles. The molecule has 0 amide bonds. The number of aliphatic hydroxyl groups is 1. The standard InChI is InChI=1S/C18H27NO/c1-16(2)9-5-10-18(20,12-16)17(13-19)11-8-14-6-3-4-7-15(14)17/h3-4,6-7,20H,5,8-13,19H2,1-2H3. The maximum atomic E-state index is 11.5. The van der Waals surface area contributed by atoms with Crippen LogP contribution in [-0.4, -0.2) is 17.3 Å². The third-order valence-corrected chi connectivity index (χ3v) is 5.81. The number of hydrogen-bond acceptors (Lipinski definition) is 2. The first kappa shape index (κ1) is 14.1. The molecular formula is C18H27NO. The summed E-state index contributed by atoms with van der Waals surface area (Å²) < 4.78 is 0. The Hall–Kier alpha value is -0.860. The highest BCUT2D eigenvalue weighted by Crippen LogP contribution is 2.54. The smallest absolute Gasteiger partial charge is 0.0761 e. The number of hydrogen-bond donors (Lipinski definition) is 2. The minimum atomic E-state index is -0.643. The molecule has 0 spiro atoms. The monoisotopic (exact) mass is 273 g/mol. The summed E-state index contributed by atoms with van der Waals surface area (Å²) in [5, 5.41) is 11.5. The SMILES string of the molecule is CC1(C)CCCC(O)(C2(CN)CCc3ccccc32)C1. The van der Waals surface area contributed by atoms with Gasteiger partial charge in [-0.15, -0.1) is 0 Å². The van der Waals surface area contributed by atoms with Crippen LogP contribution < -0.4 is 5.73 Å². The van der Waals surface area contributed by atoms with Crippen LogP contribution >= 0.6 is 0 Å². The van der Waals surface area contributed by atoms with E-state index in [1.54, 1.807) is 0 Å². The van der Waals surface area contributed by atoms with Crippen molar-refractivity contribution in [2.45, 2.75) is 63.4 Å². The van der Waals surface area contributed by atoms with Crippen LogP contribution in [0, 0.1) is 5.41 Å². The van der Waals surface area contributed by atoms with E-state index in [9.17, 15) is 5.11 Å². The van der Waals surface area contributed by atoms with Gasteiger partial charge in [-0.2, -0.15) is 0 Å². The Morgan fingerprint density at radius 1 is 1.15 bits per heavy atom. The number of nitrogens with two attached hydrogens (primary N) is 1. The van der Waals surface area contributed by atoms with Crippen LogP contribution in [0.3, 0.4) is 0 Å². The van der Waals surface area contributed by atoms with E-state index >= 15 is 0 Å². The minimum Gasteiger partial charge on any atom is -0.389 e. The fourth-order valence-corrected chi connectivity index (χ4v) is 4.81. The molecule has 3 N–H and O–H groups in total. The largest absolute Gasteiger partial charge is 0.389 e. The molecular weight excluding hydrogens is 246 g/mol. The van der Waals surface area contributed by atoms with Gasteiger partial charge in [0.25, 0.3) is 0 Å². The fraction of sp³-hybridized carbons (Fsp3) is 0.667. The van der Waals surface area contributed by atoms with Crippen molar-refractivity contribution in [1.82, 2.24) is 0 Å². The number of fused-ring (bicyclic) bond motifs is 1. The van der Waals surface area contributed by atoms with Crippen molar-refractivity contribution in [3.8, 4) is 0 Å². The van der Waals surface area contributed by atoms with Crippen LogP contribution in [0.1, 0.15) is 57.1 Å². The zero-order valence-electron chi connectivity index (χ0n) is 12.8. The zero-order chi connectivity index (χ0) is 14.4. The Kier molecular flexibility index (Phi) is 3.22. The van der Waals surface area contributed by atoms with Crippen molar-refractivity contribution in [2.75, 3.05) is 6.54 Å². The van der Waals surface area contributed by atoms with Crippen LogP contribution in [-0.2, 0) is 11.8 Å². The summed E-state index contributed by atoms with van der Waals surface area (Å²) >= 11 is 0. The maximum absolute atomic E-state index is 11.5. The van der Waals surface area contributed by atoms with E-state index in [1.165, 1.54) is 17.5 Å². The lowest BCUT2D eigenvalue weighted by molar-refractivity contribution is -0.0971. The number of aryl methyl sites for hydroxylation is 1. The van der Waals surface area contributed by atoms with Crippen molar-refractivity contribution in [2.24, 2.45) is 11.1 Å². The summed E-state index contributed by atoms with van der Waals surface area (Å²) in [6, 6.07) is 8.57. The molecule has 1 aromatic rings. The van der Waals surface area contributed by atoms with Gasteiger partial charge in [-0.05, 0) is 48.6 Å². The molecule has 2 nitrogen and oxygen atoms in total. The van der Waals surface area contributed by atoms with E-state index in [-0.39, 0.29) is 10.8 Å². The third-order valence-electron chi connectivity index (χ3n) is 5.81. The Morgan fingerprint density at radius 2 is 1.90 bits per heavy atom. The van der Waals surface area contributed by atoms with Crippen molar-refractivity contribution in [3.05, 3.63) is 35.4 Å². The van der Waals surface area contributed by atoms with E-state index in [0.29, 0.717) is 6.54 Å². The molecule has 2 atom stereocenters. The first-order chi connectivity index (χ1) is 9.43. The Balaban J connectivity index is 2.06. The van der Waals surface area contributed by atoms with E-state index < -0.39 is 5.60 Å². The molecule has 0 bridgehead atoms. The van der Waals surface area contributed by atoms with E-state index in [2.05, 4.69) is 38.1 Å².